The summed E-state index contributed by atoms with van der Waals surface area (Å²) in [6.07, 6.45) is 0. The summed E-state index contributed by atoms with van der Waals surface area (Å²) in [5.74, 6) is 0.0444. The smallest absolute Gasteiger partial charge is 0.233 e. The Balaban J connectivity index is 2.50. The molecule has 0 fully saturated rings. The normalized spacial score (nSPS) is 12.2. The molecule has 0 saturated carbocycles. The van der Waals surface area contributed by atoms with E-state index in [4.69, 9.17) is 0 Å². The van der Waals surface area contributed by atoms with Gasteiger partial charge in [-0.15, -0.1) is 0 Å². The van der Waals surface area contributed by atoms with E-state index in [2.05, 4.69) is 36.6 Å². The van der Waals surface area contributed by atoms with Gasteiger partial charge in [0, 0.05) is 12.6 Å². The van der Waals surface area contributed by atoms with Crippen LogP contribution in [0.2, 0.25) is 0 Å². The Morgan fingerprint density at radius 2 is 2.06 bits per heavy atom. The zero-order chi connectivity index (χ0) is 12.0. The van der Waals surface area contributed by atoms with Crippen molar-refractivity contribution in [1.29, 1.82) is 0 Å². The second-order valence-electron chi connectivity index (χ2n) is 3.91. The van der Waals surface area contributed by atoms with Gasteiger partial charge in [0.2, 0.25) is 5.91 Å². The number of likely N-dealkylation sites (N-methyl/N-ethyl adjacent to an activating group) is 1. The molecule has 0 aromatic heterocycles. The lowest BCUT2D eigenvalue weighted by Gasteiger charge is -2.16. The van der Waals surface area contributed by atoms with Crippen LogP contribution in [0.5, 0.6) is 0 Å². The average Bonchev–Trinajstić information content (AvgIpc) is 2.27. The summed E-state index contributed by atoms with van der Waals surface area (Å²) in [7, 11) is 0. The summed E-state index contributed by atoms with van der Waals surface area (Å²) >= 11 is 0. The monoisotopic (exact) mass is 220 g/mol. The van der Waals surface area contributed by atoms with Crippen molar-refractivity contribution in [2.24, 2.45) is 0 Å². The molecule has 88 valence electrons. The third-order valence-corrected chi connectivity index (χ3v) is 2.60. The van der Waals surface area contributed by atoms with E-state index in [1.54, 1.807) is 0 Å². The molecule has 2 N–H and O–H groups in total. The van der Waals surface area contributed by atoms with E-state index in [-0.39, 0.29) is 11.9 Å². The molecule has 3 heteroatoms. The maximum Gasteiger partial charge on any atom is 0.233 e. The minimum Gasteiger partial charge on any atom is -0.355 e. The first-order chi connectivity index (χ1) is 7.65. The van der Waals surface area contributed by atoms with Crippen molar-refractivity contribution in [3.8, 4) is 0 Å². The molecule has 0 bridgehead atoms. The number of aryl methyl sites for hydroxylation is 1. The Morgan fingerprint density at radius 1 is 1.38 bits per heavy atom. The van der Waals surface area contributed by atoms with Gasteiger partial charge < -0.3 is 10.6 Å². The molecule has 3 nitrogen and oxygen atoms in total. The molecular weight excluding hydrogens is 200 g/mol. The predicted molar refractivity (Wildman–Crippen MR) is 66.3 cm³/mol. The van der Waals surface area contributed by atoms with E-state index in [1.165, 1.54) is 11.1 Å². The van der Waals surface area contributed by atoms with E-state index in [9.17, 15) is 4.79 Å². The second-order valence-corrected chi connectivity index (χ2v) is 3.91. The van der Waals surface area contributed by atoms with E-state index >= 15 is 0 Å². The van der Waals surface area contributed by atoms with Crippen LogP contribution in [0.15, 0.2) is 24.3 Å². The van der Waals surface area contributed by atoms with Gasteiger partial charge in [-0.25, -0.2) is 0 Å². The quantitative estimate of drug-likeness (QED) is 0.794. The molecule has 1 amide bonds. The lowest BCUT2D eigenvalue weighted by molar-refractivity contribution is -0.120. The van der Waals surface area contributed by atoms with Crippen LogP contribution in [0.3, 0.4) is 0 Å². The molecule has 0 heterocycles. The summed E-state index contributed by atoms with van der Waals surface area (Å²) in [5, 5.41) is 5.98. The highest BCUT2D eigenvalue weighted by molar-refractivity contribution is 5.77. The van der Waals surface area contributed by atoms with Crippen molar-refractivity contribution in [3.63, 3.8) is 0 Å². The van der Waals surface area contributed by atoms with Crippen LogP contribution in [0.25, 0.3) is 0 Å². The largest absolute Gasteiger partial charge is 0.355 e. The second kappa shape index (κ2) is 6.28. The Hall–Kier alpha value is -1.35. The maximum atomic E-state index is 11.3. The topological polar surface area (TPSA) is 41.1 Å². The molecule has 0 spiro atoms. The van der Waals surface area contributed by atoms with Gasteiger partial charge in [-0.3, -0.25) is 4.79 Å². The molecule has 1 atom stereocenters. The minimum absolute atomic E-state index is 0.0444. The van der Waals surface area contributed by atoms with Crippen LogP contribution >= 0.6 is 0 Å². The molecule has 0 aliphatic heterocycles. The van der Waals surface area contributed by atoms with Gasteiger partial charge in [0.25, 0.3) is 0 Å². The number of carbonyl (C=O) groups is 1. The lowest BCUT2D eigenvalue weighted by atomic mass is 10.0. The minimum atomic E-state index is 0.0444. The van der Waals surface area contributed by atoms with Crippen molar-refractivity contribution in [2.75, 3.05) is 13.1 Å². The van der Waals surface area contributed by atoms with Crippen LogP contribution in [0.1, 0.15) is 31.0 Å². The summed E-state index contributed by atoms with van der Waals surface area (Å²) in [4.78, 5) is 11.3. The van der Waals surface area contributed by atoms with Gasteiger partial charge in [-0.05, 0) is 31.9 Å². The molecule has 1 unspecified atom stereocenters. The lowest BCUT2D eigenvalue weighted by Crippen LogP contribution is -2.34. The zero-order valence-corrected chi connectivity index (χ0v) is 10.2. The number of hydrogen-bond donors (Lipinski definition) is 2. The molecule has 16 heavy (non-hydrogen) atoms. The van der Waals surface area contributed by atoms with Crippen molar-refractivity contribution >= 4 is 5.91 Å². The van der Waals surface area contributed by atoms with E-state index in [1.807, 2.05) is 19.1 Å². The maximum absolute atomic E-state index is 11.3. The Labute approximate surface area is 97.2 Å². The Kier molecular flexibility index (Phi) is 4.99. The van der Waals surface area contributed by atoms with E-state index in [0.717, 1.165) is 0 Å². The fourth-order valence-corrected chi connectivity index (χ4v) is 1.69. The van der Waals surface area contributed by atoms with Gasteiger partial charge in [-0.2, -0.15) is 0 Å². The van der Waals surface area contributed by atoms with E-state index < -0.39 is 0 Å². The number of nitrogens with one attached hydrogen (secondary N) is 2. The predicted octanol–water partition coefficient (Wildman–Crippen LogP) is 1.78. The summed E-state index contributed by atoms with van der Waals surface area (Å²) < 4.78 is 0. The average molecular weight is 220 g/mol. The molecule has 1 aromatic rings. The summed E-state index contributed by atoms with van der Waals surface area (Å²) in [6.45, 7) is 7.12. The number of carbonyl (C=O) groups excluding carboxylic acids is 1. The SMILES string of the molecule is CCNC(=O)CNC(C)c1ccccc1C. The first-order valence-corrected chi connectivity index (χ1v) is 5.70. The number of amides is 1. The Morgan fingerprint density at radius 3 is 2.69 bits per heavy atom. The third-order valence-electron chi connectivity index (χ3n) is 2.60. The van der Waals surface area contributed by atoms with E-state index in [0.29, 0.717) is 13.1 Å². The molecule has 1 aromatic carbocycles. The van der Waals surface area contributed by atoms with Crippen molar-refractivity contribution in [2.45, 2.75) is 26.8 Å². The van der Waals surface area contributed by atoms with Crippen LogP contribution in [0.4, 0.5) is 0 Å². The van der Waals surface area contributed by atoms with Crippen LogP contribution in [0, 0.1) is 6.92 Å². The van der Waals surface area contributed by atoms with Crippen LogP contribution in [-0.4, -0.2) is 19.0 Å². The van der Waals surface area contributed by atoms with Crippen molar-refractivity contribution < 1.29 is 4.79 Å². The first-order valence-electron chi connectivity index (χ1n) is 5.70. The third kappa shape index (κ3) is 3.66. The fourth-order valence-electron chi connectivity index (χ4n) is 1.69. The fraction of sp³-hybridized carbons (Fsp3) is 0.462. The highest BCUT2D eigenvalue weighted by atomic mass is 16.1. The first kappa shape index (κ1) is 12.7. The van der Waals surface area contributed by atoms with Crippen LogP contribution in [-0.2, 0) is 4.79 Å². The number of benzene rings is 1. The number of hydrogen-bond acceptors (Lipinski definition) is 2. The standard InChI is InChI=1S/C13H20N2O/c1-4-14-13(16)9-15-11(3)12-8-6-5-7-10(12)2/h5-8,11,15H,4,9H2,1-3H3,(H,14,16). The Bertz CT molecular complexity index is 350. The van der Waals surface area contributed by atoms with Gasteiger partial charge in [0.05, 0.1) is 6.54 Å². The molecule has 0 saturated heterocycles. The molecule has 0 radical (unpaired) electrons. The van der Waals surface area contributed by atoms with Gasteiger partial charge >= 0.3 is 0 Å². The van der Waals surface area contributed by atoms with Gasteiger partial charge in [-0.1, -0.05) is 24.3 Å². The summed E-state index contributed by atoms with van der Waals surface area (Å²) in [5.41, 5.74) is 2.49. The highest BCUT2D eigenvalue weighted by Crippen LogP contribution is 2.15. The molecule has 0 aliphatic rings. The zero-order valence-electron chi connectivity index (χ0n) is 10.2. The van der Waals surface area contributed by atoms with Crippen molar-refractivity contribution in [3.05, 3.63) is 35.4 Å². The molecule has 1 rings (SSSR count). The van der Waals surface area contributed by atoms with Gasteiger partial charge in [0.15, 0.2) is 0 Å². The van der Waals surface area contributed by atoms with Crippen LogP contribution < -0.4 is 10.6 Å². The van der Waals surface area contributed by atoms with Crippen molar-refractivity contribution in [1.82, 2.24) is 10.6 Å². The van der Waals surface area contributed by atoms with Gasteiger partial charge in [0.1, 0.15) is 0 Å². The number of rotatable bonds is 5. The molecule has 0 aliphatic carbocycles. The molecular formula is C13H20N2O. The highest BCUT2D eigenvalue weighted by Gasteiger charge is 2.08. The summed E-state index contributed by atoms with van der Waals surface area (Å²) in [6, 6.07) is 8.41.